The van der Waals surface area contributed by atoms with Crippen molar-refractivity contribution in [3.8, 4) is 0 Å². The van der Waals surface area contributed by atoms with Crippen molar-refractivity contribution in [1.29, 1.82) is 0 Å². The molecule has 78 valence electrons. The van der Waals surface area contributed by atoms with Crippen LogP contribution in [-0.2, 0) is 0 Å². The van der Waals surface area contributed by atoms with E-state index in [0.29, 0.717) is 10.7 Å². The van der Waals surface area contributed by atoms with Crippen molar-refractivity contribution in [1.82, 2.24) is 9.38 Å². The fourth-order valence-corrected chi connectivity index (χ4v) is 2.29. The molecule has 0 spiro atoms. The Balaban J connectivity index is 3.01. The molecule has 0 unspecified atom stereocenters. The third-order valence-corrected chi connectivity index (χ3v) is 3.02. The quantitative estimate of drug-likeness (QED) is 0.541. The van der Waals surface area contributed by atoms with Crippen LogP contribution in [0.2, 0.25) is 0 Å². The van der Waals surface area contributed by atoms with Gasteiger partial charge in [0, 0.05) is 11.1 Å². The monoisotopic (exact) mass is 225 g/mol. The second kappa shape index (κ2) is 3.13. The second-order valence-corrected chi connectivity index (χ2v) is 3.94. The van der Waals surface area contributed by atoms with Crippen LogP contribution in [0.25, 0.3) is 4.96 Å². The largest absolute Gasteiger partial charge is 0.355 e. The first-order valence-electron chi connectivity index (χ1n) is 4.14. The van der Waals surface area contributed by atoms with E-state index in [1.807, 2.05) is 0 Å². The fourth-order valence-electron chi connectivity index (χ4n) is 1.38. The van der Waals surface area contributed by atoms with Crippen LogP contribution < -0.4 is 5.56 Å². The van der Waals surface area contributed by atoms with Gasteiger partial charge in [-0.25, -0.2) is 9.38 Å². The zero-order chi connectivity index (χ0) is 11.2. The Labute approximate surface area is 88.0 Å². The molecule has 7 heteroatoms. The maximum Gasteiger partial charge on any atom is 0.355 e. The van der Waals surface area contributed by atoms with E-state index in [2.05, 4.69) is 4.98 Å². The van der Waals surface area contributed by atoms with E-state index >= 15 is 0 Å². The molecule has 0 N–H and O–H groups in total. The average molecular weight is 225 g/mol. The van der Waals surface area contributed by atoms with Crippen LogP contribution in [-0.4, -0.2) is 14.3 Å². The van der Waals surface area contributed by atoms with Crippen LogP contribution >= 0.6 is 11.3 Å². The van der Waals surface area contributed by atoms with Gasteiger partial charge in [-0.1, -0.05) is 0 Å². The van der Waals surface area contributed by atoms with E-state index in [0.717, 1.165) is 0 Å². The van der Waals surface area contributed by atoms with Crippen LogP contribution in [0.4, 0.5) is 5.69 Å². The first kappa shape index (κ1) is 9.78. The van der Waals surface area contributed by atoms with E-state index < -0.39 is 16.2 Å². The minimum absolute atomic E-state index is 0.159. The molecule has 0 aliphatic carbocycles. The van der Waals surface area contributed by atoms with Crippen LogP contribution in [0.3, 0.4) is 0 Å². The summed E-state index contributed by atoms with van der Waals surface area (Å²) in [6, 6.07) is 0. The molecule has 0 bridgehead atoms. The van der Waals surface area contributed by atoms with Crippen molar-refractivity contribution in [3.05, 3.63) is 37.2 Å². The maximum absolute atomic E-state index is 11.8. The van der Waals surface area contributed by atoms with Gasteiger partial charge in [-0.2, -0.15) is 0 Å². The Morgan fingerprint density at radius 3 is 2.80 bits per heavy atom. The molecule has 0 saturated carbocycles. The molecule has 0 saturated heterocycles. The Morgan fingerprint density at radius 2 is 2.20 bits per heavy atom. The molecular formula is C8H7N3O3S. The lowest BCUT2D eigenvalue weighted by atomic mass is 10.4. The van der Waals surface area contributed by atoms with Crippen molar-refractivity contribution in [3.63, 3.8) is 0 Å². The standard InChI is InChI=1S/C8H7N3O3S/c1-4-3-15-8-9-5(2)6(11(13)14)7(12)10(4)8/h3H,1-2H3. The van der Waals surface area contributed by atoms with Crippen molar-refractivity contribution >= 4 is 22.0 Å². The molecule has 15 heavy (non-hydrogen) atoms. The van der Waals surface area contributed by atoms with Gasteiger partial charge in [0.25, 0.3) is 0 Å². The maximum atomic E-state index is 11.8. The number of hydrogen-bond acceptors (Lipinski definition) is 5. The molecule has 0 fully saturated rings. The number of aryl methyl sites for hydroxylation is 2. The summed E-state index contributed by atoms with van der Waals surface area (Å²) in [6.45, 7) is 3.18. The first-order chi connectivity index (χ1) is 7.02. The Bertz CT molecular complexity index is 613. The first-order valence-corrected chi connectivity index (χ1v) is 5.02. The summed E-state index contributed by atoms with van der Waals surface area (Å²) < 4.78 is 1.26. The average Bonchev–Trinajstić information content (AvgIpc) is 2.46. The molecule has 2 aromatic rings. The zero-order valence-electron chi connectivity index (χ0n) is 8.05. The van der Waals surface area contributed by atoms with Gasteiger partial charge in [-0.05, 0) is 13.8 Å². The summed E-state index contributed by atoms with van der Waals surface area (Å²) in [5.74, 6) is 0. The van der Waals surface area contributed by atoms with Crippen LogP contribution in [0.1, 0.15) is 11.4 Å². The van der Waals surface area contributed by atoms with Gasteiger partial charge in [-0.15, -0.1) is 11.3 Å². The highest BCUT2D eigenvalue weighted by Crippen LogP contribution is 2.16. The highest BCUT2D eigenvalue weighted by atomic mass is 32.1. The van der Waals surface area contributed by atoms with Gasteiger partial charge in [0.2, 0.25) is 0 Å². The Hall–Kier alpha value is -1.76. The van der Waals surface area contributed by atoms with Gasteiger partial charge >= 0.3 is 11.2 Å². The molecule has 0 amide bonds. The Kier molecular flexibility index (Phi) is 2.04. The number of thiazole rings is 1. The van der Waals surface area contributed by atoms with Crippen LogP contribution in [0, 0.1) is 24.0 Å². The third-order valence-electron chi connectivity index (χ3n) is 2.07. The predicted molar refractivity (Wildman–Crippen MR) is 55.5 cm³/mol. The number of rotatable bonds is 1. The summed E-state index contributed by atoms with van der Waals surface area (Å²) >= 11 is 1.29. The second-order valence-electron chi connectivity index (χ2n) is 3.10. The summed E-state index contributed by atoms with van der Waals surface area (Å²) in [5.41, 5.74) is -0.238. The highest BCUT2D eigenvalue weighted by molar-refractivity contribution is 7.15. The van der Waals surface area contributed by atoms with Gasteiger partial charge in [-0.3, -0.25) is 14.9 Å². The molecular weight excluding hydrogens is 218 g/mol. The third kappa shape index (κ3) is 1.32. The molecule has 0 aliphatic heterocycles. The van der Waals surface area contributed by atoms with Crippen LogP contribution in [0.15, 0.2) is 10.2 Å². The topological polar surface area (TPSA) is 77.5 Å². The van der Waals surface area contributed by atoms with E-state index in [4.69, 9.17) is 0 Å². The number of aromatic nitrogens is 2. The predicted octanol–water partition coefficient (Wildman–Crippen LogP) is 1.28. The smallest absolute Gasteiger partial charge is 0.261 e. The van der Waals surface area contributed by atoms with Crippen molar-refractivity contribution in [2.45, 2.75) is 13.8 Å². The summed E-state index contributed by atoms with van der Waals surface area (Å²) in [6.07, 6.45) is 0. The molecule has 2 rings (SSSR count). The number of nitro groups is 1. The van der Waals surface area contributed by atoms with Gasteiger partial charge in [0.05, 0.1) is 4.92 Å². The van der Waals surface area contributed by atoms with Crippen molar-refractivity contribution < 1.29 is 4.92 Å². The molecule has 2 heterocycles. The highest BCUT2D eigenvalue weighted by Gasteiger charge is 2.21. The number of fused-ring (bicyclic) bond motifs is 1. The molecule has 0 aliphatic rings. The minimum Gasteiger partial charge on any atom is -0.261 e. The zero-order valence-corrected chi connectivity index (χ0v) is 8.87. The lowest BCUT2D eigenvalue weighted by Crippen LogP contribution is -2.19. The summed E-state index contributed by atoms with van der Waals surface area (Å²) in [4.78, 5) is 26.3. The molecule has 0 atom stereocenters. The van der Waals surface area contributed by atoms with E-state index in [-0.39, 0.29) is 5.69 Å². The SMILES string of the molecule is Cc1nc2scc(C)n2c(=O)c1[N+](=O)[O-]. The van der Waals surface area contributed by atoms with Gasteiger partial charge < -0.3 is 0 Å². The molecule has 6 nitrogen and oxygen atoms in total. The summed E-state index contributed by atoms with van der Waals surface area (Å²) in [7, 11) is 0. The van der Waals surface area contributed by atoms with Crippen molar-refractivity contribution in [2.24, 2.45) is 0 Å². The normalized spacial score (nSPS) is 10.8. The van der Waals surface area contributed by atoms with Gasteiger partial charge in [0.15, 0.2) is 4.96 Å². The van der Waals surface area contributed by atoms with Crippen molar-refractivity contribution in [2.75, 3.05) is 0 Å². The summed E-state index contributed by atoms with van der Waals surface area (Å²) in [5, 5.41) is 12.4. The fraction of sp³-hybridized carbons (Fsp3) is 0.250. The van der Waals surface area contributed by atoms with Gasteiger partial charge in [0.1, 0.15) is 5.69 Å². The lowest BCUT2D eigenvalue weighted by molar-refractivity contribution is -0.387. The molecule has 0 radical (unpaired) electrons. The minimum atomic E-state index is -0.686. The number of nitrogens with zero attached hydrogens (tertiary/aromatic N) is 3. The molecule has 2 aromatic heterocycles. The van der Waals surface area contributed by atoms with Crippen LogP contribution in [0.5, 0.6) is 0 Å². The lowest BCUT2D eigenvalue weighted by Gasteiger charge is -1.98. The van der Waals surface area contributed by atoms with E-state index in [9.17, 15) is 14.9 Å². The molecule has 0 aromatic carbocycles. The number of hydrogen-bond donors (Lipinski definition) is 0. The van der Waals surface area contributed by atoms with E-state index in [1.165, 1.54) is 22.7 Å². The Morgan fingerprint density at radius 1 is 1.53 bits per heavy atom. The van der Waals surface area contributed by atoms with E-state index in [1.54, 1.807) is 12.3 Å².